The fourth-order valence-corrected chi connectivity index (χ4v) is 1.88. The molecule has 74 valence electrons. The van der Waals surface area contributed by atoms with E-state index in [2.05, 4.69) is 43.7 Å². The third kappa shape index (κ3) is 1.53. The highest BCUT2D eigenvalue weighted by Gasteiger charge is 2.14. The van der Waals surface area contributed by atoms with E-state index in [1.54, 1.807) is 0 Å². The maximum Gasteiger partial charge on any atom is 0.0486 e. The van der Waals surface area contributed by atoms with Crippen molar-refractivity contribution in [2.75, 3.05) is 0 Å². The van der Waals surface area contributed by atoms with Crippen LogP contribution in [0.1, 0.15) is 20.8 Å². The zero-order chi connectivity index (χ0) is 10.3. The Balaban J connectivity index is 2.70. The lowest BCUT2D eigenvalue weighted by Gasteiger charge is -2.22. The van der Waals surface area contributed by atoms with Gasteiger partial charge in [-0.2, -0.15) is 0 Å². The Hall–Kier alpha value is -0.950. The molecule has 0 bridgehead atoms. The van der Waals surface area contributed by atoms with Crippen molar-refractivity contribution >= 4 is 22.5 Å². The molecule has 0 aliphatic heterocycles. The fraction of sp³-hybridized carbons (Fsp3) is 0.333. The molecular formula is C12H14ClN. The molecule has 0 N–H and O–H groups in total. The van der Waals surface area contributed by atoms with E-state index in [1.807, 2.05) is 12.1 Å². The van der Waals surface area contributed by atoms with Crippen molar-refractivity contribution in [1.29, 1.82) is 0 Å². The van der Waals surface area contributed by atoms with Gasteiger partial charge in [0.05, 0.1) is 0 Å². The Labute approximate surface area is 89.3 Å². The van der Waals surface area contributed by atoms with Crippen molar-refractivity contribution in [3.63, 3.8) is 0 Å². The third-order valence-corrected chi connectivity index (χ3v) is 2.61. The second kappa shape index (κ2) is 3.03. The van der Waals surface area contributed by atoms with Gasteiger partial charge in [-0.3, -0.25) is 0 Å². The lowest BCUT2D eigenvalue weighted by atomic mass is 10.1. The van der Waals surface area contributed by atoms with E-state index in [0.29, 0.717) is 0 Å². The minimum absolute atomic E-state index is 0.121. The van der Waals surface area contributed by atoms with Gasteiger partial charge in [0.25, 0.3) is 0 Å². The molecule has 14 heavy (non-hydrogen) atoms. The number of nitrogens with zero attached hydrogens (tertiary/aromatic N) is 1. The normalized spacial score (nSPS) is 12.3. The van der Waals surface area contributed by atoms with Crippen LogP contribution in [0.25, 0.3) is 10.9 Å². The molecule has 0 aliphatic carbocycles. The molecule has 0 spiro atoms. The molecule has 0 saturated carbocycles. The highest BCUT2D eigenvalue weighted by Crippen LogP contribution is 2.25. The van der Waals surface area contributed by atoms with Crippen molar-refractivity contribution in [3.05, 3.63) is 35.5 Å². The predicted octanol–water partition coefficient (Wildman–Crippen LogP) is 4.05. The predicted molar refractivity (Wildman–Crippen MR) is 61.9 cm³/mol. The topological polar surface area (TPSA) is 4.93 Å². The Kier molecular flexibility index (Phi) is 2.07. The Morgan fingerprint density at radius 1 is 1.14 bits per heavy atom. The van der Waals surface area contributed by atoms with E-state index >= 15 is 0 Å². The van der Waals surface area contributed by atoms with Crippen LogP contribution in [0.2, 0.25) is 5.02 Å². The minimum Gasteiger partial charge on any atom is -0.342 e. The number of rotatable bonds is 0. The molecule has 2 aromatic rings. The molecule has 1 heterocycles. The smallest absolute Gasteiger partial charge is 0.0486 e. The van der Waals surface area contributed by atoms with E-state index in [9.17, 15) is 0 Å². The van der Waals surface area contributed by atoms with Gasteiger partial charge in [-0.1, -0.05) is 11.6 Å². The average molecular weight is 208 g/mol. The molecule has 0 atom stereocenters. The fourth-order valence-electron chi connectivity index (χ4n) is 1.70. The van der Waals surface area contributed by atoms with Crippen molar-refractivity contribution < 1.29 is 0 Å². The monoisotopic (exact) mass is 207 g/mol. The van der Waals surface area contributed by atoms with Gasteiger partial charge in [-0.15, -0.1) is 0 Å². The van der Waals surface area contributed by atoms with E-state index in [4.69, 9.17) is 11.6 Å². The Morgan fingerprint density at radius 3 is 2.50 bits per heavy atom. The molecule has 0 unspecified atom stereocenters. The van der Waals surface area contributed by atoms with Crippen molar-refractivity contribution in [1.82, 2.24) is 4.57 Å². The van der Waals surface area contributed by atoms with Crippen molar-refractivity contribution in [3.8, 4) is 0 Å². The molecule has 0 saturated heterocycles. The van der Waals surface area contributed by atoms with Gasteiger partial charge in [0.15, 0.2) is 0 Å². The van der Waals surface area contributed by atoms with Crippen LogP contribution in [-0.2, 0) is 5.54 Å². The standard InChI is InChI=1S/C12H14ClN/c1-12(2,3)14-7-6-9-8-10(13)4-5-11(9)14/h4-8H,1-3H3. The van der Waals surface area contributed by atoms with Gasteiger partial charge >= 0.3 is 0 Å². The van der Waals surface area contributed by atoms with Crippen LogP contribution in [-0.4, -0.2) is 4.57 Å². The first-order valence-corrected chi connectivity index (χ1v) is 5.13. The van der Waals surface area contributed by atoms with Gasteiger partial charge in [0.1, 0.15) is 0 Å². The van der Waals surface area contributed by atoms with Crippen LogP contribution in [0, 0.1) is 0 Å². The summed E-state index contributed by atoms with van der Waals surface area (Å²) in [5.74, 6) is 0. The number of hydrogen-bond donors (Lipinski definition) is 0. The summed E-state index contributed by atoms with van der Waals surface area (Å²) in [5.41, 5.74) is 1.36. The van der Waals surface area contributed by atoms with Crippen LogP contribution >= 0.6 is 11.6 Å². The zero-order valence-corrected chi connectivity index (χ0v) is 9.47. The van der Waals surface area contributed by atoms with E-state index in [1.165, 1.54) is 10.9 Å². The summed E-state index contributed by atoms with van der Waals surface area (Å²) in [6.07, 6.45) is 2.11. The molecular weight excluding hydrogens is 194 g/mol. The van der Waals surface area contributed by atoms with E-state index in [-0.39, 0.29) is 5.54 Å². The highest BCUT2D eigenvalue weighted by atomic mass is 35.5. The number of aromatic nitrogens is 1. The Morgan fingerprint density at radius 2 is 1.86 bits per heavy atom. The summed E-state index contributed by atoms with van der Waals surface area (Å²) >= 11 is 5.93. The average Bonchev–Trinajstić information content (AvgIpc) is 2.45. The quantitative estimate of drug-likeness (QED) is 0.614. The van der Waals surface area contributed by atoms with Crippen LogP contribution in [0.15, 0.2) is 30.5 Å². The molecule has 1 aromatic carbocycles. The molecule has 0 amide bonds. The SMILES string of the molecule is CC(C)(C)n1ccc2cc(Cl)ccc21. The number of benzene rings is 1. The lowest BCUT2D eigenvalue weighted by molar-refractivity contribution is 0.411. The molecule has 2 rings (SSSR count). The third-order valence-electron chi connectivity index (χ3n) is 2.37. The highest BCUT2D eigenvalue weighted by molar-refractivity contribution is 6.31. The summed E-state index contributed by atoms with van der Waals surface area (Å²) < 4.78 is 2.26. The first-order chi connectivity index (χ1) is 6.48. The second-order valence-electron chi connectivity index (χ2n) is 4.56. The van der Waals surface area contributed by atoms with E-state index < -0.39 is 0 Å². The first-order valence-electron chi connectivity index (χ1n) is 4.75. The number of hydrogen-bond acceptors (Lipinski definition) is 0. The van der Waals surface area contributed by atoms with Crippen molar-refractivity contribution in [2.45, 2.75) is 26.3 Å². The maximum absolute atomic E-state index is 5.93. The molecule has 2 heteroatoms. The summed E-state index contributed by atoms with van der Waals surface area (Å²) in [4.78, 5) is 0. The van der Waals surface area contributed by atoms with Gasteiger partial charge in [-0.05, 0) is 45.0 Å². The summed E-state index contributed by atoms with van der Waals surface area (Å²) in [6, 6.07) is 8.11. The van der Waals surface area contributed by atoms with E-state index in [0.717, 1.165) is 5.02 Å². The lowest BCUT2D eigenvalue weighted by Crippen LogP contribution is -2.20. The second-order valence-corrected chi connectivity index (χ2v) is 5.00. The number of fused-ring (bicyclic) bond motifs is 1. The number of halogens is 1. The van der Waals surface area contributed by atoms with Crippen LogP contribution < -0.4 is 0 Å². The van der Waals surface area contributed by atoms with Gasteiger partial charge in [0, 0.05) is 27.7 Å². The van der Waals surface area contributed by atoms with Crippen LogP contribution in [0.4, 0.5) is 0 Å². The van der Waals surface area contributed by atoms with Gasteiger partial charge in [-0.25, -0.2) is 0 Å². The van der Waals surface area contributed by atoms with Crippen molar-refractivity contribution in [2.24, 2.45) is 0 Å². The van der Waals surface area contributed by atoms with Crippen LogP contribution in [0.5, 0.6) is 0 Å². The molecule has 0 fully saturated rings. The summed E-state index contributed by atoms with van der Waals surface area (Å²) in [7, 11) is 0. The van der Waals surface area contributed by atoms with Gasteiger partial charge in [0.2, 0.25) is 0 Å². The zero-order valence-electron chi connectivity index (χ0n) is 8.71. The molecule has 1 aromatic heterocycles. The Bertz CT molecular complexity index is 463. The summed E-state index contributed by atoms with van der Waals surface area (Å²) in [5, 5.41) is 2.00. The minimum atomic E-state index is 0.121. The largest absolute Gasteiger partial charge is 0.342 e. The first kappa shape index (κ1) is 9.60. The summed E-state index contributed by atoms with van der Waals surface area (Å²) in [6.45, 7) is 6.59. The molecule has 1 nitrogen and oxygen atoms in total. The molecule has 0 aliphatic rings. The molecule has 0 radical (unpaired) electrons. The maximum atomic E-state index is 5.93. The van der Waals surface area contributed by atoms with Crippen LogP contribution in [0.3, 0.4) is 0 Å². The van der Waals surface area contributed by atoms with Gasteiger partial charge < -0.3 is 4.57 Å².